The zero-order chi connectivity index (χ0) is 17.6. The highest BCUT2D eigenvalue weighted by Crippen LogP contribution is 2.34. The van der Waals surface area contributed by atoms with E-state index in [2.05, 4.69) is 4.98 Å². The molecule has 1 aliphatic heterocycles. The Morgan fingerprint density at radius 1 is 1.17 bits per heavy atom. The molecule has 0 fully saturated rings. The number of benzene rings is 1. The molecular weight excluding hydrogens is 328 g/mol. The van der Waals surface area contributed by atoms with Gasteiger partial charge in [-0.15, -0.1) is 0 Å². The standard InChI is InChI=1S/C17H16N2O4S/c1-10-9-11(2)18-17-13(10)16(21)14(19(3)24(17,22)23)15(20)12-7-5-4-6-8-12/h4-9,20H,1-3H3/b15-14-. The van der Waals surface area contributed by atoms with Crippen LogP contribution in [0.15, 0.2) is 47.1 Å². The Morgan fingerprint density at radius 3 is 2.42 bits per heavy atom. The highest BCUT2D eigenvalue weighted by Gasteiger charge is 2.41. The summed E-state index contributed by atoms with van der Waals surface area (Å²) in [5.74, 6) is -0.939. The van der Waals surface area contributed by atoms with Crippen LogP contribution in [-0.4, -0.2) is 35.6 Å². The number of Topliss-reactive ketones (excluding diaryl/α,β-unsaturated/α-hetero) is 1. The normalized spacial score (nSPS) is 18.3. The molecule has 1 aliphatic rings. The van der Waals surface area contributed by atoms with Crippen molar-refractivity contribution in [2.45, 2.75) is 18.9 Å². The van der Waals surface area contributed by atoms with Crippen LogP contribution in [0.25, 0.3) is 5.76 Å². The molecule has 2 aromatic rings. The van der Waals surface area contributed by atoms with E-state index in [1.54, 1.807) is 50.2 Å². The molecule has 1 aromatic heterocycles. The Labute approximate surface area is 140 Å². The van der Waals surface area contributed by atoms with Crippen LogP contribution in [0.4, 0.5) is 0 Å². The van der Waals surface area contributed by atoms with E-state index in [1.165, 1.54) is 7.05 Å². The van der Waals surface area contributed by atoms with Crippen molar-refractivity contribution in [1.29, 1.82) is 0 Å². The van der Waals surface area contributed by atoms with E-state index in [1.807, 2.05) is 0 Å². The summed E-state index contributed by atoms with van der Waals surface area (Å²) in [5.41, 5.74) is 1.12. The van der Waals surface area contributed by atoms with Crippen molar-refractivity contribution < 1.29 is 18.3 Å². The number of allylic oxidation sites excluding steroid dienone is 1. The van der Waals surface area contributed by atoms with Crippen molar-refractivity contribution >= 4 is 21.6 Å². The first-order valence-corrected chi connectivity index (χ1v) is 8.69. The molecule has 124 valence electrons. The summed E-state index contributed by atoms with van der Waals surface area (Å²) < 4.78 is 26.3. The van der Waals surface area contributed by atoms with Gasteiger partial charge < -0.3 is 5.11 Å². The fourth-order valence-electron chi connectivity index (χ4n) is 2.77. The van der Waals surface area contributed by atoms with Crippen LogP contribution >= 0.6 is 0 Å². The van der Waals surface area contributed by atoms with Crippen molar-refractivity contribution in [1.82, 2.24) is 9.29 Å². The van der Waals surface area contributed by atoms with Crippen LogP contribution in [0, 0.1) is 13.8 Å². The van der Waals surface area contributed by atoms with Crippen LogP contribution < -0.4 is 0 Å². The summed E-state index contributed by atoms with van der Waals surface area (Å²) >= 11 is 0. The van der Waals surface area contributed by atoms with Crippen molar-refractivity contribution in [3.8, 4) is 0 Å². The van der Waals surface area contributed by atoms with Gasteiger partial charge in [-0.05, 0) is 25.5 Å². The second-order valence-electron chi connectivity index (χ2n) is 5.63. The number of likely N-dealkylation sites (N-methyl/N-ethyl adjacent to an activating group) is 1. The number of aliphatic hydroxyl groups is 1. The predicted octanol–water partition coefficient (Wildman–Crippen LogP) is 2.44. The number of fused-ring (bicyclic) bond motifs is 1. The van der Waals surface area contributed by atoms with Gasteiger partial charge in [0.2, 0.25) is 5.78 Å². The Hall–Kier alpha value is -2.67. The Morgan fingerprint density at radius 2 is 1.79 bits per heavy atom. The SMILES string of the molecule is Cc1cc(C)c2c(n1)S(=O)(=O)N(C)/C(=C(\O)c1ccccc1)C2=O. The smallest absolute Gasteiger partial charge is 0.282 e. The summed E-state index contributed by atoms with van der Waals surface area (Å²) in [5, 5.41) is 10.3. The van der Waals surface area contributed by atoms with E-state index in [0.717, 1.165) is 4.31 Å². The minimum atomic E-state index is -4.02. The van der Waals surface area contributed by atoms with Crippen molar-refractivity contribution in [2.24, 2.45) is 0 Å². The van der Waals surface area contributed by atoms with Gasteiger partial charge in [0.1, 0.15) is 5.70 Å². The van der Waals surface area contributed by atoms with Crippen molar-refractivity contribution in [2.75, 3.05) is 7.05 Å². The molecule has 2 heterocycles. The maximum absolute atomic E-state index is 12.9. The molecule has 1 aromatic carbocycles. The van der Waals surface area contributed by atoms with Gasteiger partial charge >= 0.3 is 0 Å². The topological polar surface area (TPSA) is 87.6 Å². The van der Waals surface area contributed by atoms with Crippen LogP contribution in [0.1, 0.15) is 27.2 Å². The molecule has 0 bridgehead atoms. The first-order chi connectivity index (χ1) is 11.2. The van der Waals surface area contributed by atoms with Gasteiger partial charge in [-0.3, -0.25) is 9.10 Å². The van der Waals surface area contributed by atoms with Gasteiger partial charge in [0.25, 0.3) is 10.0 Å². The molecule has 3 rings (SSSR count). The van der Waals surface area contributed by atoms with Crippen LogP contribution in [-0.2, 0) is 10.0 Å². The number of ketones is 1. The van der Waals surface area contributed by atoms with Crippen molar-refractivity contribution in [3.63, 3.8) is 0 Å². The highest BCUT2D eigenvalue weighted by molar-refractivity contribution is 7.89. The van der Waals surface area contributed by atoms with E-state index in [4.69, 9.17) is 0 Å². The van der Waals surface area contributed by atoms with Gasteiger partial charge in [0, 0.05) is 18.3 Å². The molecule has 0 saturated heterocycles. The quantitative estimate of drug-likeness (QED) is 0.634. The van der Waals surface area contributed by atoms with Gasteiger partial charge in [0.15, 0.2) is 10.8 Å². The molecule has 0 saturated carbocycles. The summed E-state index contributed by atoms with van der Waals surface area (Å²) in [4.78, 5) is 16.9. The number of aryl methyl sites for hydroxylation is 2. The molecule has 0 amide bonds. The number of rotatable bonds is 1. The summed E-state index contributed by atoms with van der Waals surface area (Å²) in [6, 6.07) is 10.00. The lowest BCUT2D eigenvalue weighted by molar-refractivity contribution is 0.100. The van der Waals surface area contributed by atoms with E-state index in [-0.39, 0.29) is 22.0 Å². The average Bonchev–Trinajstić information content (AvgIpc) is 2.53. The lowest BCUT2D eigenvalue weighted by atomic mass is 10.0. The minimum absolute atomic E-state index is 0.0104. The predicted molar refractivity (Wildman–Crippen MR) is 89.0 cm³/mol. The first kappa shape index (κ1) is 16.2. The molecule has 0 aliphatic carbocycles. The average molecular weight is 344 g/mol. The number of carbonyl (C=O) groups is 1. The molecule has 0 atom stereocenters. The Kier molecular flexibility index (Phi) is 3.68. The number of nitrogens with zero attached hydrogens (tertiary/aromatic N) is 2. The van der Waals surface area contributed by atoms with E-state index in [0.29, 0.717) is 16.8 Å². The molecule has 6 nitrogen and oxygen atoms in total. The molecule has 7 heteroatoms. The Balaban J connectivity index is 2.35. The molecule has 0 radical (unpaired) electrons. The number of sulfonamides is 1. The van der Waals surface area contributed by atoms with E-state index in [9.17, 15) is 18.3 Å². The number of aliphatic hydroxyl groups excluding tert-OH is 1. The number of aromatic nitrogens is 1. The molecule has 0 unspecified atom stereocenters. The van der Waals surface area contributed by atoms with Crippen LogP contribution in [0.2, 0.25) is 0 Å². The van der Waals surface area contributed by atoms with Gasteiger partial charge in [-0.1, -0.05) is 30.3 Å². The summed E-state index contributed by atoms with van der Waals surface area (Å²) in [7, 11) is -2.78. The van der Waals surface area contributed by atoms with Gasteiger partial charge in [0.05, 0.1) is 5.56 Å². The fourth-order valence-corrected chi connectivity index (χ4v) is 4.21. The van der Waals surface area contributed by atoms with Crippen LogP contribution in [0.5, 0.6) is 0 Å². The third-order valence-electron chi connectivity index (χ3n) is 3.94. The number of carbonyl (C=O) groups excluding carboxylic acids is 1. The third-order valence-corrected chi connectivity index (χ3v) is 5.63. The number of hydrogen-bond acceptors (Lipinski definition) is 5. The van der Waals surface area contributed by atoms with Crippen LogP contribution in [0.3, 0.4) is 0 Å². The lowest BCUT2D eigenvalue weighted by Gasteiger charge is -2.29. The molecular formula is C17H16N2O4S. The fraction of sp³-hybridized carbons (Fsp3) is 0.176. The van der Waals surface area contributed by atoms with Crippen molar-refractivity contribution in [3.05, 3.63) is 64.5 Å². The first-order valence-electron chi connectivity index (χ1n) is 7.25. The van der Waals surface area contributed by atoms with Gasteiger partial charge in [-0.2, -0.15) is 8.42 Å². The molecule has 1 N–H and O–H groups in total. The zero-order valence-corrected chi connectivity index (χ0v) is 14.3. The second kappa shape index (κ2) is 5.45. The van der Waals surface area contributed by atoms with E-state index >= 15 is 0 Å². The highest BCUT2D eigenvalue weighted by atomic mass is 32.2. The number of hydrogen-bond donors (Lipinski definition) is 1. The third kappa shape index (κ3) is 2.28. The van der Waals surface area contributed by atoms with Gasteiger partial charge in [-0.25, -0.2) is 4.98 Å². The maximum Gasteiger partial charge on any atom is 0.282 e. The summed E-state index contributed by atoms with van der Waals surface area (Å²) in [6.07, 6.45) is 0. The Bertz CT molecular complexity index is 979. The lowest BCUT2D eigenvalue weighted by Crippen LogP contribution is -2.38. The monoisotopic (exact) mass is 344 g/mol. The minimum Gasteiger partial charge on any atom is -0.505 e. The summed E-state index contributed by atoms with van der Waals surface area (Å²) in [6.45, 7) is 3.32. The number of pyridine rings is 1. The molecule has 0 spiro atoms. The van der Waals surface area contributed by atoms with E-state index < -0.39 is 15.8 Å². The molecule has 24 heavy (non-hydrogen) atoms. The zero-order valence-electron chi connectivity index (χ0n) is 13.4. The second-order valence-corrected chi connectivity index (χ2v) is 7.51. The largest absolute Gasteiger partial charge is 0.505 e. The maximum atomic E-state index is 12.9.